The van der Waals surface area contributed by atoms with Gasteiger partial charge in [0.15, 0.2) is 8.83 Å². The third kappa shape index (κ3) is 4.86. The molecule has 0 N–H and O–H groups in total. The summed E-state index contributed by atoms with van der Waals surface area (Å²) < 4.78 is 0. The Morgan fingerprint density at radius 1 is 1.83 bits per heavy atom. The summed E-state index contributed by atoms with van der Waals surface area (Å²) in [6, 6.07) is 0. The Morgan fingerprint density at radius 3 is 2.67 bits per heavy atom. The van der Waals surface area contributed by atoms with Gasteiger partial charge in [-0.2, -0.15) is 11.1 Å². The van der Waals surface area contributed by atoms with Gasteiger partial charge in [0.25, 0.3) is 0 Å². The van der Waals surface area contributed by atoms with Crippen LogP contribution < -0.4 is 0 Å². The van der Waals surface area contributed by atoms with E-state index in [1.54, 1.807) is 11.8 Å². The first kappa shape index (κ1) is 6.86. The highest BCUT2D eigenvalue weighted by molar-refractivity contribution is 7.80. The van der Waals surface area contributed by atoms with Crippen LogP contribution in [-0.4, -0.2) is 20.0 Å². The third-order valence-electron chi connectivity index (χ3n) is 0.466. The second-order valence-electron chi connectivity index (χ2n) is 0.952. The van der Waals surface area contributed by atoms with Crippen molar-refractivity contribution in [3.63, 3.8) is 0 Å². The Kier molecular flexibility index (Phi) is 6.69. The van der Waals surface area contributed by atoms with Gasteiger partial charge in [0.2, 0.25) is 0 Å². The van der Waals surface area contributed by atoms with Crippen molar-refractivity contribution in [3.05, 3.63) is 0 Å². The van der Waals surface area contributed by atoms with Crippen molar-refractivity contribution in [1.29, 1.82) is 0 Å². The fraction of sp³-hybridized carbons (Fsp3) is 1.00. The van der Waals surface area contributed by atoms with E-state index in [-0.39, 0.29) is 8.83 Å². The van der Waals surface area contributed by atoms with Gasteiger partial charge in [0, 0.05) is 0 Å². The second kappa shape index (κ2) is 5.86. The van der Waals surface area contributed by atoms with Gasteiger partial charge in [0.05, 0.1) is 0 Å². The molecule has 0 saturated heterocycles. The van der Waals surface area contributed by atoms with Crippen LogP contribution in [0.15, 0.2) is 0 Å². The van der Waals surface area contributed by atoms with Crippen LogP contribution in [0, 0.1) is 0 Å². The molecule has 0 nitrogen and oxygen atoms in total. The van der Waals surface area contributed by atoms with Gasteiger partial charge >= 0.3 is 0 Å². The lowest BCUT2D eigenvalue weighted by Gasteiger charge is -1.75. The number of halogens is 1. The van der Waals surface area contributed by atoms with Crippen LogP contribution in [0.25, 0.3) is 0 Å². The molecule has 38 valence electrons. The molecule has 0 fully saturated rings. The van der Waals surface area contributed by atoms with E-state index in [0.29, 0.717) is 0 Å². The molecule has 0 aromatic rings. The van der Waals surface area contributed by atoms with Gasteiger partial charge < -0.3 is 0 Å². The minimum absolute atomic E-state index is 0.137. The normalized spacial score (nSPS) is 11.0. The topological polar surface area (TPSA) is 0 Å². The largest absolute Gasteiger partial charge is 0.181 e. The fourth-order valence-electron chi connectivity index (χ4n) is 0.218. The highest BCUT2D eigenvalue weighted by atomic mass is 35.6. The molecule has 0 aliphatic rings. The molecule has 0 rings (SSSR count). The van der Waals surface area contributed by atoms with Crippen molar-refractivity contribution in [2.45, 2.75) is 6.92 Å². The van der Waals surface area contributed by atoms with Crippen LogP contribution >= 0.6 is 11.1 Å². The predicted molar refractivity (Wildman–Crippen MR) is 38.6 cm³/mol. The molecule has 0 bridgehead atoms. The van der Waals surface area contributed by atoms with Gasteiger partial charge in [0.1, 0.15) is 11.1 Å². The molecule has 0 saturated carbocycles. The number of rotatable bonds is 3. The first-order valence-corrected chi connectivity index (χ1v) is 6.51. The summed E-state index contributed by atoms with van der Waals surface area (Å²) in [5, 5.41) is 1.29. The molecule has 0 aliphatic heterocycles. The van der Waals surface area contributed by atoms with Crippen LogP contribution in [0.1, 0.15) is 6.92 Å². The Morgan fingerprint density at radius 2 is 2.50 bits per heavy atom. The Bertz CT molecular complexity index is 22.8. The zero-order valence-corrected chi connectivity index (χ0v) is 7.01. The van der Waals surface area contributed by atoms with Crippen molar-refractivity contribution < 1.29 is 0 Å². The van der Waals surface area contributed by atoms with Crippen LogP contribution in [0.3, 0.4) is 0 Å². The van der Waals surface area contributed by atoms with Gasteiger partial charge in [-0.15, -0.1) is 0 Å². The van der Waals surface area contributed by atoms with Crippen LogP contribution in [0.4, 0.5) is 0 Å². The first-order valence-electron chi connectivity index (χ1n) is 2.11. The predicted octanol–water partition coefficient (Wildman–Crippen LogP) is 0.101. The smallest absolute Gasteiger partial charge is 0.170 e. The maximum atomic E-state index is 5.51. The van der Waals surface area contributed by atoms with E-state index in [0.717, 1.165) is 0 Å². The molecule has 0 heterocycles. The third-order valence-corrected chi connectivity index (χ3v) is 4.38. The van der Waals surface area contributed by atoms with E-state index in [1.807, 2.05) is 0 Å². The number of hydrogen-bond acceptors (Lipinski definition) is 0. The summed E-state index contributed by atoms with van der Waals surface area (Å²) >= 11 is 7.05. The first-order chi connectivity index (χ1) is 2.91. The van der Waals surface area contributed by atoms with Crippen molar-refractivity contribution in [3.8, 4) is 0 Å². The summed E-state index contributed by atoms with van der Waals surface area (Å²) in [7, 11) is -0.137. The van der Waals surface area contributed by atoms with Crippen LogP contribution in [0.5, 0.6) is 0 Å². The zero-order chi connectivity index (χ0) is 4.83. The molecule has 0 spiro atoms. The highest BCUT2D eigenvalue weighted by Gasteiger charge is 1.87. The summed E-state index contributed by atoms with van der Waals surface area (Å²) in [6.07, 6.45) is 0. The lowest BCUT2D eigenvalue weighted by atomic mass is 11.0. The van der Waals surface area contributed by atoms with Gasteiger partial charge in [-0.05, 0) is 18.7 Å². The minimum Gasteiger partial charge on any atom is -0.170 e. The SMILES string of the molecule is CC[SH+]C[SiH2]Cl. The number of hydrogen-bond donors (Lipinski definition) is 0. The highest BCUT2D eigenvalue weighted by Crippen LogP contribution is 1.73. The average molecular weight is 142 g/mol. The van der Waals surface area contributed by atoms with Crippen molar-refractivity contribution >= 4 is 31.7 Å². The molecule has 6 heavy (non-hydrogen) atoms. The van der Waals surface area contributed by atoms with Crippen LogP contribution in [-0.2, 0) is 11.8 Å². The molecule has 0 radical (unpaired) electrons. The quantitative estimate of drug-likeness (QED) is 0.172. The molecule has 0 amide bonds. The molecular weight excluding hydrogens is 132 g/mol. The molecule has 0 aromatic heterocycles. The molecule has 0 atom stereocenters. The summed E-state index contributed by atoms with van der Waals surface area (Å²) in [6.45, 7) is 2.18. The lowest BCUT2D eigenvalue weighted by Crippen LogP contribution is -1.94. The lowest BCUT2D eigenvalue weighted by molar-refractivity contribution is 1.52. The molecule has 0 unspecified atom stereocenters. The number of thiol groups is 1. The van der Waals surface area contributed by atoms with E-state index >= 15 is 0 Å². The van der Waals surface area contributed by atoms with Gasteiger partial charge in [-0.25, -0.2) is 0 Å². The van der Waals surface area contributed by atoms with E-state index in [9.17, 15) is 0 Å². The molecule has 3 heteroatoms. The van der Waals surface area contributed by atoms with Crippen molar-refractivity contribution in [2.75, 3.05) is 11.1 Å². The van der Waals surface area contributed by atoms with E-state index in [2.05, 4.69) is 6.92 Å². The van der Waals surface area contributed by atoms with E-state index in [4.69, 9.17) is 11.1 Å². The summed E-state index contributed by atoms with van der Waals surface area (Å²) in [5.41, 5.74) is 0. The average Bonchev–Trinajstić information content (AvgIpc) is 1.61. The fourth-order valence-corrected chi connectivity index (χ4v) is 3.04. The second-order valence-corrected chi connectivity index (χ2v) is 5.33. The van der Waals surface area contributed by atoms with Crippen LogP contribution in [0.2, 0.25) is 0 Å². The minimum atomic E-state index is -0.137. The summed E-state index contributed by atoms with van der Waals surface area (Å²) in [4.78, 5) is 0. The van der Waals surface area contributed by atoms with Gasteiger partial charge in [-0.3, -0.25) is 0 Å². The van der Waals surface area contributed by atoms with E-state index < -0.39 is 0 Å². The standard InChI is InChI=1S/C3H9ClSSi/c1-2-5-3-6-4/h2-3,6H2,1H3/p+1. The van der Waals surface area contributed by atoms with E-state index in [1.165, 1.54) is 11.1 Å². The molecule has 0 aromatic carbocycles. The Hall–Kier alpha value is 0.857. The van der Waals surface area contributed by atoms with Crippen molar-refractivity contribution in [1.82, 2.24) is 0 Å². The monoisotopic (exact) mass is 141 g/mol. The molecule has 0 aliphatic carbocycles. The van der Waals surface area contributed by atoms with Gasteiger partial charge in [-0.1, -0.05) is 0 Å². The maximum absolute atomic E-state index is 5.51. The molecular formula is C3H10ClSSi+. The zero-order valence-electron chi connectivity index (χ0n) is 3.95. The Balaban J connectivity index is 2.34. The van der Waals surface area contributed by atoms with Crippen molar-refractivity contribution in [2.24, 2.45) is 0 Å². The summed E-state index contributed by atoms with van der Waals surface area (Å²) in [5.74, 6) is 1.28. The maximum Gasteiger partial charge on any atom is 0.181 e. The Labute approximate surface area is 50.2 Å².